The van der Waals surface area contributed by atoms with Crippen LogP contribution in [0.3, 0.4) is 0 Å². The number of rotatable bonds is 2. The second kappa shape index (κ2) is 5.13. The van der Waals surface area contributed by atoms with E-state index in [4.69, 9.17) is 5.11 Å². The van der Waals surface area contributed by atoms with Crippen LogP contribution in [0.2, 0.25) is 0 Å². The lowest BCUT2D eigenvalue weighted by molar-refractivity contribution is -0.134. The molecule has 1 atom stereocenters. The fourth-order valence-electron chi connectivity index (χ4n) is 2.03. The van der Waals surface area contributed by atoms with E-state index in [1.54, 1.807) is 0 Å². The smallest absolute Gasteiger partial charge is 0.364 e. The fourth-order valence-corrected chi connectivity index (χ4v) is 2.03. The Balaban J connectivity index is 2.66. The van der Waals surface area contributed by atoms with Crippen molar-refractivity contribution >= 4 is 5.97 Å². The standard InChI is InChI=1S/C11H17FO2/c1-2-8-4-3-5-9(7-6-8)10(12)11(13)14/h8H,2-7H2,1H3,(H,13,14). The molecule has 3 heteroatoms. The van der Waals surface area contributed by atoms with Crippen molar-refractivity contribution in [1.82, 2.24) is 0 Å². The Hall–Kier alpha value is -0.860. The molecule has 1 aliphatic carbocycles. The lowest BCUT2D eigenvalue weighted by atomic mass is 9.97. The normalized spacial score (nSPS) is 26.9. The summed E-state index contributed by atoms with van der Waals surface area (Å²) >= 11 is 0. The first kappa shape index (κ1) is 11.2. The Labute approximate surface area is 83.8 Å². The maximum Gasteiger partial charge on any atom is 0.364 e. The zero-order chi connectivity index (χ0) is 10.6. The molecule has 0 bridgehead atoms. The van der Waals surface area contributed by atoms with Crippen LogP contribution in [0.25, 0.3) is 0 Å². The Morgan fingerprint density at radius 3 is 2.79 bits per heavy atom. The molecule has 80 valence electrons. The van der Waals surface area contributed by atoms with Gasteiger partial charge in [0.05, 0.1) is 0 Å². The van der Waals surface area contributed by atoms with E-state index in [0.717, 1.165) is 25.7 Å². The summed E-state index contributed by atoms with van der Waals surface area (Å²) in [5.41, 5.74) is 0.508. The molecule has 1 saturated carbocycles. The molecule has 2 nitrogen and oxygen atoms in total. The van der Waals surface area contributed by atoms with E-state index in [2.05, 4.69) is 6.92 Å². The third-order valence-electron chi connectivity index (χ3n) is 3.02. The maximum absolute atomic E-state index is 13.1. The van der Waals surface area contributed by atoms with Crippen molar-refractivity contribution in [3.05, 3.63) is 11.4 Å². The molecule has 0 radical (unpaired) electrons. The van der Waals surface area contributed by atoms with Crippen LogP contribution in [0.4, 0.5) is 4.39 Å². The summed E-state index contributed by atoms with van der Waals surface area (Å²) in [7, 11) is 0. The van der Waals surface area contributed by atoms with Gasteiger partial charge >= 0.3 is 5.97 Å². The first-order valence-electron chi connectivity index (χ1n) is 5.26. The van der Waals surface area contributed by atoms with Crippen molar-refractivity contribution < 1.29 is 14.3 Å². The highest BCUT2D eigenvalue weighted by atomic mass is 19.1. The minimum Gasteiger partial charge on any atom is -0.476 e. The number of carboxylic acids is 1. The first-order valence-corrected chi connectivity index (χ1v) is 5.26. The summed E-state index contributed by atoms with van der Waals surface area (Å²) < 4.78 is 13.1. The van der Waals surface area contributed by atoms with Crippen molar-refractivity contribution in [3.63, 3.8) is 0 Å². The van der Waals surface area contributed by atoms with Crippen LogP contribution < -0.4 is 0 Å². The molecule has 0 aromatic heterocycles. The molecule has 1 unspecified atom stereocenters. The average Bonchev–Trinajstić information content (AvgIpc) is 2.41. The van der Waals surface area contributed by atoms with Gasteiger partial charge in [-0.2, -0.15) is 4.39 Å². The quantitative estimate of drug-likeness (QED) is 0.548. The Bertz CT molecular complexity index is 246. The van der Waals surface area contributed by atoms with Gasteiger partial charge in [0.25, 0.3) is 0 Å². The molecule has 1 aliphatic rings. The summed E-state index contributed by atoms with van der Waals surface area (Å²) in [6.07, 6.45) is 5.32. The van der Waals surface area contributed by atoms with E-state index in [0.29, 0.717) is 24.3 Å². The highest BCUT2D eigenvalue weighted by Crippen LogP contribution is 2.30. The molecule has 0 heterocycles. The average molecular weight is 200 g/mol. The number of carboxylic acid groups (broad SMARTS) is 1. The van der Waals surface area contributed by atoms with Crippen LogP contribution in [0.15, 0.2) is 11.4 Å². The Morgan fingerprint density at radius 1 is 1.50 bits per heavy atom. The highest BCUT2D eigenvalue weighted by molar-refractivity contribution is 5.84. The third kappa shape index (κ3) is 2.82. The van der Waals surface area contributed by atoms with Gasteiger partial charge in [-0.25, -0.2) is 4.79 Å². The van der Waals surface area contributed by atoms with Gasteiger partial charge in [0.1, 0.15) is 0 Å². The van der Waals surface area contributed by atoms with Gasteiger partial charge in [-0.15, -0.1) is 0 Å². The molecule has 0 aromatic carbocycles. The van der Waals surface area contributed by atoms with Gasteiger partial charge in [-0.05, 0) is 37.2 Å². The number of hydrogen-bond donors (Lipinski definition) is 1. The van der Waals surface area contributed by atoms with E-state index >= 15 is 0 Å². The molecule has 0 saturated heterocycles. The minimum absolute atomic E-state index is 0.508. The summed E-state index contributed by atoms with van der Waals surface area (Å²) in [5, 5.41) is 8.52. The zero-order valence-electron chi connectivity index (χ0n) is 8.55. The topological polar surface area (TPSA) is 37.3 Å². The van der Waals surface area contributed by atoms with Crippen molar-refractivity contribution in [2.75, 3.05) is 0 Å². The van der Waals surface area contributed by atoms with Crippen molar-refractivity contribution in [3.8, 4) is 0 Å². The number of halogens is 1. The molecule has 0 spiro atoms. The van der Waals surface area contributed by atoms with E-state index in [-0.39, 0.29) is 0 Å². The van der Waals surface area contributed by atoms with E-state index in [9.17, 15) is 9.18 Å². The van der Waals surface area contributed by atoms with Gasteiger partial charge in [0.2, 0.25) is 5.83 Å². The second-order valence-corrected chi connectivity index (χ2v) is 3.93. The second-order valence-electron chi connectivity index (χ2n) is 3.93. The predicted molar refractivity (Wildman–Crippen MR) is 52.6 cm³/mol. The molecular weight excluding hydrogens is 183 g/mol. The lowest BCUT2D eigenvalue weighted by Gasteiger charge is -2.08. The molecule has 0 aromatic rings. The van der Waals surface area contributed by atoms with Gasteiger partial charge < -0.3 is 5.11 Å². The summed E-state index contributed by atoms with van der Waals surface area (Å²) in [6.45, 7) is 2.13. The molecule has 14 heavy (non-hydrogen) atoms. The third-order valence-corrected chi connectivity index (χ3v) is 3.02. The fraction of sp³-hybridized carbons (Fsp3) is 0.727. The van der Waals surface area contributed by atoms with E-state index < -0.39 is 11.8 Å². The van der Waals surface area contributed by atoms with Crippen LogP contribution >= 0.6 is 0 Å². The van der Waals surface area contributed by atoms with E-state index in [1.807, 2.05) is 0 Å². The number of aliphatic carboxylic acids is 1. The first-order chi connectivity index (χ1) is 6.65. The van der Waals surface area contributed by atoms with Crippen molar-refractivity contribution in [2.24, 2.45) is 5.92 Å². The molecule has 1 rings (SSSR count). The summed E-state index contributed by atoms with van der Waals surface area (Å²) in [5.74, 6) is -1.68. The van der Waals surface area contributed by atoms with Crippen LogP contribution in [-0.2, 0) is 4.79 Å². The summed E-state index contributed by atoms with van der Waals surface area (Å²) in [6, 6.07) is 0. The minimum atomic E-state index is -1.41. The maximum atomic E-state index is 13.1. The molecule has 1 N–H and O–H groups in total. The summed E-state index contributed by atoms with van der Waals surface area (Å²) in [4.78, 5) is 10.4. The van der Waals surface area contributed by atoms with Crippen LogP contribution in [0, 0.1) is 5.92 Å². The lowest BCUT2D eigenvalue weighted by Crippen LogP contribution is -2.00. The Kier molecular flexibility index (Phi) is 4.11. The van der Waals surface area contributed by atoms with Gasteiger partial charge in [0.15, 0.2) is 0 Å². The highest BCUT2D eigenvalue weighted by Gasteiger charge is 2.19. The predicted octanol–water partition coefficient (Wildman–Crippen LogP) is 3.28. The molecule has 0 amide bonds. The number of allylic oxidation sites excluding steroid dienone is 1. The number of hydrogen-bond acceptors (Lipinski definition) is 1. The van der Waals surface area contributed by atoms with Crippen LogP contribution in [0.1, 0.15) is 45.4 Å². The largest absolute Gasteiger partial charge is 0.476 e. The monoisotopic (exact) mass is 200 g/mol. The van der Waals surface area contributed by atoms with Crippen molar-refractivity contribution in [2.45, 2.75) is 45.4 Å². The SMILES string of the molecule is CCC1CCCC(=C(F)C(=O)O)CC1. The molecule has 0 aliphatic heterocycles. The Morgan fingerprint density at radius 2 is 2.21 bits per heavy atom. The molecular formula is C11H17FO2. The van der Waals surface area contributed by atoms with Crippen LogP contribution in [-0.4, -0.2) is 11.1 Å². The van der Waals surface area contributed by atoms with Crippen molar-refractivity contribution in [1.29, 1.82) is 0 Å². The zero-order valence-corrected chi connectivity index (χ0v) is 8.55. The molecule has 1 fully saturated rings. The van der Waals surface area contributed by atoms with Crippen LogP contribution in [0.5, 0.6) is 0 Å². The van der Waals surface area contributed by atoms with Gasteiger partial charge in [-0.1, -0.05) is 19.8 Å². The number of carbonyl (C=O) groups is 1. The van der Waals surface area contributed by atoms with E-state index in [1.165, 1.54) is 0 Å². The van der Waals surface area contributed by atoms with Gasteiger partial charge in [-0.3, -0.25) is 0 Å². The van der Waals surface area contributed by atoms with Gasteiger partial charge in [0, 0.05) is 0 Å².